The minimum absolute atomic E-state index is 0.126. The number of anilines is 1. The number of urea groups is 1. The number of carbonyl (C=O) groups excluding carboxylic acids is 1. The van der Waals surface area contributed by atoms with Crippen molar-refractivity contribution in [1.29, 1.82) is 0 Å². The molecule has 0 saturated heterocycles. The Morgan fingerprint density at radius 2 is 2.00 bits per heavy atom. The molecule has 1 atom stereocenters. The van der Waals surface area contributed by atoms with Gasteiger partial charge in [0.05, 0.1) is 5.69 Å². The zero-order valence-electron chi connectivity index (χ0n) is 13.4. The van der Waals surface area contributed by atoms with E-state index in [1.807, 2.05) is 29.7 Å². The first-order valence-corrected chi connectivity index (χ1v) is 8.11. The predicted octanol–water partition coefficient (Wildman–Crippen LogP) is 3.40. The van der Waals surface area contributed by atoms with Crippen LogP contribution in [0.15, 0.2) is 24.3 Å². The Morgan fingerprint density at radius 1 is 1.29 bits per heavy atom. The van der Waals surface area contributed by atoms with Crippen LogP contribution in [0.4, 0.5) is 10.5 Å². The van der Waals surface area contributed by atoms with Gasteiger partial charge in [0.2, 0.25) is 0 Å². The van der Waals surface area contributed by atoms with Crippen molar-refractivity contribution in [2.75, 3.05) is 31.1 Å². The average Bonchev–Trinajstić information content (AvgIpc) is 2.53. The quantitative estimate of drug-likeness (QED) is 0.901. The summed E-state index contributed by atoms with van der Waals surface area (Å²) < 4.78 is 0. The normalized spacial score (nSPS) is 17.5. The number of para-hydroxylation sites is 1. The maximum Gasteiger partial charge on any atom is 0.324 e. The van der Waals surface area contributed by atoms with Gasteiger partial charge in [-0.3, -0.25) is 4.90 Å². The minimum atomic E-state index is 0.126. The van der Waals surface area contributed by atoms with Crippen LogP contribution in [0.25, 0.3) is 0 Å². The minimum Gasteiger partial charge on any atom is -0.325 e. The second-order valence-electron chi connectivity index (χ2n) is 5.46. The highest BCUT2D eigenvalue weighted by Gasteiger charge is 2.29. The zero-order valence-corrected chi connectivity index (χ0v) is 13.4. The van der Waals surface area contributed by atoms with Crippen molar-refractivity contribution in [1.82, 2.24) is 10.2 Å². The molecule has 4 nitrogen and oxygen atoms in total. The van der Waals surface area contributed by atoms with Crippen molar-refractivity contribution in [2.24, 2.45) is 0 Å². The van der Waals surface area contributed by atoms with Crippen molar-refractivity contribution in [3.05, 3.63) is 29.8 Å². The first-order chi connectivity index (χ1) is 10.2. The topological polar surface area (TPSA) is 35.6 Å². The van der Waals surface area contributed by atoms with Gasteiger partial charge in [-0.15, -0.1) is 0 Å². The van der Waals surface area contributed by atoms with Gasteiger partial charge in [-0.05, 0) is 44.9 Å². The Kier molecular flexibility index (Phi) is 5.62. The Labute approximate surface area is 128 Å². The van der Waals surface area contributed by atoms with Crippen molar-refractivity contribution in [3.8, 4) is 0 Å². The van der Waals surface area contributed by atoms with Crippen molar-refractivity contribution in [2.45, 2.75) is 39.7 Å². The lowest BCUT2D eigenvalue weighted by Gasteiger charge is -2.37. The molecule has 4 heteroatoms. The van der Waals surface area contributed by atoms with E-state index in [0.717, 1.165) is 44.7 Å². The van der Waals surface area contributed by atoms with Gasteiger partial charge in [-0.1, -0.05) is 25.1 Å². The third-order valence-corrected chi connectivity index (χ3v) is 4.15. The molecule has 1 aromatic rings. The van der Waals surface area contributed by atoms with Crippen LogP contribution < -0.4 is 10.2 Å². The summed E-state index contributed by atoms with van der Waals surface area (Å²) in [4.78, 5) is 16.5. The summed E-state index contributed by atoms with van der Waals surface area (Å²) >= 11 is 0. The summed E-state index contributed by atoms with van der Waals surface area (Å²) in [5.74, 6) is 0. The molecular formula is C17H27N3O. The maximum atomic E-state index is 12.7. The van der Waals surface area contributed by atoms with E-state index in [2.05, 4.69) is 30.4 Å². The third-order valence-electron chi connectivity index (χ3n) is 4.15. The largest absolute Gasteiger partial charge is 0.325 e. The standard InChI is InChI=1S/C17H27N3O/c1-4-12-18-15-11-13-20(17(21)19(5-2)6-3)16-10-8-7-9-14(15)16/h7-10,15,18H,4-6,11-13H2,1-3H3. The van der Waals surface area contributed by atoms with Crippen LogP contribution in [0.2, 0.25) is 0 Å². The number of benzene rings is 1. The highest BCUT2D eigenvalue weighted by molar-refractivity contribution is 5.93. The molecule has 2 rings (SSSR count). The molecule has 0 aromatic heterocycles. The van der Waals surface area contributed by atoms with Crippen LogP contribution in [0, 0.1) is 0 Å². The molecule has 1 aliphatic heterocycles. The summed E-state index contributed by atoms with van der Waals surface area (Å²) in [6, 6.07) is 8.78. The van der Waals surface area contributed by atoms with Gasteiger partial charge in [0.1, 0.15) is 0 Å². The SMILES string of the molecule is CCCNC1CCN(C(=O)N(CC)CC)c2ccccc21. The number of amides is 2. The number of rotatable bonds is 5. The molecule has 21 heavy (non-hydrogen) atoms. The summed E-state index contributed by atoms with van der Waals surface area (Å²) in [5.41, 5.74) is 2.31. The average molecular weight is 289 g/mol. The maximum absolute atomic E-state index is 12.7. The van der Waals surface area contributed by atoms with Crippen LogP contribution in [0.5, 0.6) is 0 Å². The van der Waals surface area contributed by atoms with Gasteiger partial charge < -0.3 is 10.2 Å². The molecule has 1 heterocycles. The van der Waals surface area contributed by atoms with Gasteiger partial charge in [0.25, 0.3) is 0 Å². The van der Waals surface area contributed by atoms with E-state index in [9.17, 15) is 4.79 Å². The Morgan fingerprint density at radius 3 is 2.67 bits per heavy atom. The fourth-order valence-electron chi connectivity index (χ4n) is 2.96. The highest BCUT2D eigenvalue weighted by atomic mass is 16.2. The summed E-state index contributed by atoms with van der Waals surface area (Å²) in [6.45, 7) is 9.55. The molecule has 1 aliphatic rings. The molecular weight excluding hydrogens is 262 g/mol. The number of fused-ring (bicyclic) bond motifs is 1. The second kappa shape index (κ2) is 7.46. The van der Waals surface area contributed by atoms with E-state index in [4.69, 9.17) is 0 Å². The summed E-state index contributed by atoms with van der Waals surface area (Å²) in [7, 11) is 0. The first kappa shape index (κ1) is 15.8. The monoisotopic (exact) mass is 289 g/mol. The molecule has 1 aromatic carbocycles. The molecule has 0 bridgehead atoms. The van der Waals surface area contributed by atoms with E-state index in [-0.39, 0.29) is 6.03 Å². The number of hydrogen-bond donors (Lipinski definition) is 1. The zero-order chi connectivity index (χ0) is 15.2. The lowest BCUT2D eigenvalue weighted by molar-refractivity contribution is 0.209. The van der Waals surface area contributed by atoms with Crippen LogP contribution in [-0.2, 0) is 0 Å². The van der Waals surface area contributed by atoms with E-state index in [0.29, 0.717) is 6.04 Å². The van der Waals surface area contributed by atoms with E-state index >= 15 is 0 Å². The van der Waals surface area contributed by atoms with Gasteiger partial charge >= 0.3 is 6.03 Å². The van der Waals surface area contributed by atoms with Crippen LogP contribution in [0.3, 0.4) is 0 Å². The van der Waals surface area contributed by atoms with Gasteiger partial charge in [-0.25, -0.2) is 4.79 Å². The van der Waals surface area contributed by atoms with Crippen LogP contribution in [-0.4, -0.2) is 37.1 Å². The highest BCUT2D eigenvalue weighted by Crippen LogP contribution is 2.34. The molecule has 116 valence electrons. The summed E-state index contributed by atoms with van der Waals surface area (Å²) in [6.07, 6.45) is 2.10. The van der Waals surface area contributed by atoms with E-state index < -0.39 is 0 Å². The number of nitrogens with one attached hydrogen (secondary N) is 1. The van der Waals surface area contributed by atoms with Crippen LogP contribution >= 0.6 is 0 Å². The molecule has 0 aliphatic carbocycles. The summed E-state index contributed by atoms with van der Waals surface area (Å²) in [5, 5.41) is 3.59. The lowest BCUT2D eigenvalue weighted by Crippen LogP contribution is -2.47. The smallest absolute Gasteiger partial charge is 0.324 e. The fraction of sp³-hybridized carbons (Fsp3) is 0.588. The van der Waals surface area contributed by atoms with Crippen molar-refractivity contribution in [3.63, 3.8) is 0 Å². The molecule has 1 unspecified atom stereocenters. The molecule has 0 fully saturated rings. The number of nitrogens with zero attached hydrogens (tertiary/aromatic N) is 2. The van der Waals surface area contributed by atoms with Gasteiger partial charge in [0.15, 0.2) is 0 Å². The Balaban J connectivity index is 2.24. The molecule has 0 spiro atoms. The van der Waals surface area contributed by atoms with Gasteiger partial charge in [-0.2, -0.15) is 0 Å². The van der Waals surface area contributed by atoms with Crippen molar-refractivity contribution >= 4 is 11.7 Å². The lowest BCUT2D eigenvalue weighted by atomic mass is 9.96. The van der Waals surface area contributed by atoms with Gasteiger partial charge in [0, 0.05) is 25.7 Å². The molecule has 0 radical (unpaired) electrons. The Hall–Kier alpha value is -1.55. The Bertz CT molecular complexity index is 471. The van der Waals surface area contributed by atoms with Crippen LogP contribution in [0.1, 0.15) is 45.2 Å². The second-order valence-corrected chi connectivity index (χ2v) is 5.46. The molecule has 1 N–H and O–H groups in total. The molecule has 2 amide bonds. The number of hydrogen-bond acceptors (Lipinski definition) is 2. The van der Waals surface area contributed by atoms with E-state index in [1.165, 1.54) is 5.56 Å². The van der Waals surface area contributed by atoms with E-state index in [1.54, 1.807) is 0 Å². The van der Waals surface area contributed by atoms with Crippen molar-refractivity contribution < 1.29 is 4.79 Å². The third kappa shape index (κ3) is 3.38. The molecule has 0 saturated carbocycles. The first-order valence-electron chi connectivity index (χ1n) is 8.11. The number of carbonyl (C=O) groups is 1. The predicted molar refractivity (Wildman–Crippen MR) is 87.8 cm³/mol. The fourth-order valence-corrected chi connectivity index (χ4v) is 2.96.